The van der Waals surface area contributed by atoms with Crippen molar-refractivity contribution in [3.05, 3.63) is 211 Å². The van der Waals surface area contributed by atoms with E-state index in [0.29, 0.717) is 0 Å². The van der Waals surface area contributed by atoms with Crippen LogP contribution >= 0.6 is 0 Å². The standard InChI is InChI=1S/C49H40N3O.C14H16NSi.Ir/c1-30(2)42-27-38(34-15-10-7-11-16-34)28-43(31(3)4)46(42)52-48(51-44-26-19-32(5)50-49(44)52)41-18-12-17-40-39-25-24-37(29-45(39)53-47(40)41)36-22-20-35(21-23-36)33-13-8-6-9-14-33;1-16(2,3)13-9-10-14(15-11-13)12-7-5-4-6-8-12;/h6-17,19-31H,1-5H3;4-7,9-11H,1-3H3;/q2*-1;. The minimum Gasteiger partial charge on any atom is -0.501 e. The third-order valence-corrected chi connectivity index (χ3v) is 15.0. The van der Waals surface area contributed by atoms with Gasteiger partial charge in [-0.15, -0.1) is 54.1 Å². The number of imidazole rings is 1. The van der Waals surface area contributed by atoms with E-state index in [9.17, 15) is 0 Å². The quantitative estimate of drug-likeness (QED) is 0.107. The molecule has 0 aliphatic carbocycles. The number of hydrogen-bond acceptors (Lipinski definition) is 4. The summed E-state index contributed by atoms with van der Waals surface area (Å²) in [5, 5.41) is 3.50. The molecule has 0 spiro atoms. The molecule has 7 aromatic carbocycles. The van der Waals surface area contributed by atoms with Crippen LogP contribution in [0.15, 0.2) is 187 Å². The van der Waals surface area contributed by atoms with E-state index in [0.717, 1.165) is 78.3 Å². The van der Waals surface area contributed by atoms with E-state index in [2.05, 4.69) is 202 Å². The van der Waals surface area contributed by atoms with Gasteiger partial charge in [-0.1, -0.05) is 167 Å². The van der Waals surface area contributed by atoms with Crippen LogP contribution in [0.1, 0.15) is 56.4 Å². The van der Waals surface area contributed by atoms with Crippen molar-refractivity contribution in [3.63, 3.8) is 0 Å². The van der Waals surface area contributed by atoms with E-state index in [4.69, 9.17) is 14.4 Å². The number of hydrogen-bond donors (Lipinski definition) is 0. The van der Waals surface area contributed by atoms with Crippen LogP contribution in [0, 0.1) is 19.1 Å². The number of rotatable bonds is 9. The maximum atomic E-state index is 6.83. The van der Waals surface area contributed by atoms with E-state index in [1.165, 1.54) is 38.6 Å². The summed E-state index contributed by atoms with van der Waals surface area (Å²) in [6.07, 6.45) is 2.02. The first kappa shape index (κ1) is 48.0. The van der Waals surface area contributed by atoms with Gasteiger partial charge in [0.05, 0.1) is 25.0 Å². The Labute approximate surface area is 426 Å². The first-order valence-electron chi connectivity index (χ1n) is 24.0. The summed E-state index contributed by atoms with van der Waals surface area (Å²) in [5.74, 6) is 1.26. The summed E-state index contributed by atoms with van der Waals surface area (Å²) in [6.45, 7) is 18.1. The average Bonchev–Trinajstić information content (AvgIpc) is 3.94. The third kappa shape index (κ3) is 9.62. The van der Waals surface area contributed by atoms with Gasteiger partial charge in [0.15, 0.2) is 5.65 Å². The molecule has 0 aliphatic rings. The molecule has 0 unspecified atom stereocenters. The second kappa shape index (κ2) is 20.1. The third-order valence-electron chi connectivity index (χ3n) is 13.0. The Balaban J connectivity index is 0.000000304. The van der Waals surface area contributed by atoms with Crippen LogP contribution in [0.4, 0.5) is 0 Å². The summed E-state index contributed by atoms with van der Waals surface area (Å²) in [6, 6.07) is 68.3. The van der Waals surface area contributed by atoms with E-state index in [1.54, 1.807) is 0 Å². The summed E-state index contributed by atoms with van der Waals surface area (Å²) in [4.78, 5) is 15.0. The fraction of sp³-hybridized carbons (Fsp3) is 0.159. The summed E-state index contributed by atoms with van der Waals surface area (Å²) >= 11 is 0. The number of furan rings is 1. The SMILES string of the molecule is C[Si](C)(C)c1ccc(-c2[c-]cccc2)nc1.Cc1ccc2nc(-c3[c-]ccc4c3oc3cc(-c5ccc(-c6ccccc6)cc5)ccc34)n(-c3c(C(C)C)cc(-c4ccccc4)cc3C(C)C)c2n1.[Ir]. The van der Waals surface area contributed by atoms with Crippen LogP contribution in [0.2, 0.25) is 19.6 Å². The molecule has 0 saturated carbocycles. The van der Waals surface area contributed by atoms with Crippen LogP contribution in [0.3, 0.4) is 0 Å². The second-order valence-corrected chi connectivity index (χ2v) is 24.6. The first-order chi connectivity index (χ1) is 33.4. The molecule has 0 saturated heterocycles. The van der Waals surface area contributed by atoms with Crippen LogP contribution < -0.4 is 5.19 Å². The fourth-order valence-electron chi connectivity index (χ4n) is 9.17. The Morgan fingerprint density at radius 2 is 1.17 bits per heavy atom. The van der Waals surface area contributed by atoms with Crippen LogP contribution in [-0.4, -0.2) is 27.6 Å². The maximum Gasteiger partial charge on any atom is 0.155 e. The van der Waals surface area contributed by atoms with Crippen molar-refractivity contribution in [1.82, 2.24) is 19.5 Å². The minimum absolute atomic E-state index is 0. The Morgan fingerprint density at radius 3 is 1.77 bits per heavy atom. The smallest absolute Gasteiger partial charge is 0.155 e. The molecule has 11 aromatic rings. The fourth-order valence-corrected chi connectivity index (χ4v) is 10.2. The van der Waals surface area contributed by atoms with Crippen molar-refractivity contribution in [1.29, 1.82) is 0 Å². The zero-order valence-electron chi connectivity index (χ0n) is 41.0. The molecule has 0 amide bonds. The number of nitrogens with zero attached hydrogens (tertiary/aromatic N) is 4. The predicted octanol–water partition coefficient (Wildman–Crippen LogP) is 16.4. The molecule has 4 aromatic heterocycles. The number of aryl methyl sites for hydroxylation is 1. The second-order valence-electron chi connectivity index (χ2n) is 19.6. The molecular weight excluding hydrogens is 1050 g/mol. The molecule has 0 N–H and O–H groups in total. The zero-order chi connectivity index (χ0) is 47.8. The van der Waals surface area contributed by atoms with Gasteiger partial charge in [-0.05, 0) is 104 Å². The molecule has 0 fully saturated rings. The number of fused-ring (bicyclic) bond motifs is 4. The van der Waals surface area contributed by atoms with Crippen molar-refractivity contribution in [3.8, 4) is 61.7 Å². The van der Waals surface area contributed by atoms with Gasteiger partial charge in [0.2, 0.25) is 0 Å². The molecule has 349 valence electrons. The average molecular weight is 1110 g/mol. The molecule has 0 aliphatic heterocycles. The Kier molecular flexibility index (Phi) is 13.8. The van der Waals surface area contributed by atoms with Gasteiger partial charge in [-0.3, -0.25) is 4.98 Å². The number of pyridine rings is 2. The topological polar surface area (TPSA) is 56.7 Å². The largest absolute Gasteiger partial charge is 0.501 e. The van der Waals surface area contributed by atoms with Crippen LogP contribution in [0.25, 0.3) is 94.8 Å². The maximum absolute atomic E-state index is 6.83. The summed E-state index contributed by atoms with van der Waals surface area (Å²) < 4.78 is 9.11. The van der Waals surface area contributed by atoms with E-state index < -0.39 is 8.07 Å². The molecule has 4 heterocycles. The Hall–Kier alpha value is -7.02. The van der Waals surface area contributed by atoms with Crippen molar-refractivity contribution in [2.75, 3.05) is 0 Å². The van der Waals surface area contributed by atoms with Gasteiger partial charge < -0.3 is 14.0 Å². The van der Waals surface area contributed by atoms with Gasteiger partial charge in [-0.25, -0.2) is 4.98 Å². The molecule has 1 radical (unpaired) electrons. The van der Waals surface area contributed by atoms with Crippen molar-refractivity contribution >= 4 is 46.4 Å². The zero-order valence-corrected chi connectivity index (χ0v) is 44.4. The van der Waals surface area contributed by atoms with E-state index in [-0.39, 0.29) is 31.9 Å². The van der Waals surface area contributed by atoms with E-state index >= 15 is 0 Å². The van der Waals surface area contributed by atoms with Crippen LogP contribution in [-0.2, 0) is 20.1 Å². The van der Waals surface area contributed by atoms with Crippen molar-refractivity contribution < 1.29 is 24.5 Å². The number of aromatic nitrogens is 4. The summed E-state index contributed by atoms with van der Waals surface area (Å²) in [5.41, 5.74) is 17.8. The Morgan fingerprint density at radius 1 is 0.557 bits per heavy atom. The molecule has 5 nitrogen and oxygen atoms in total. The van der Waals surface area contributed by atoms with Gasteiger partial charge in [0.25, 0.3) is 0 Å². The minimum atomic E-state index is -1.23. The molecule has 7 heteroatoms. The first-order valence-corrected chi connectivity index (χ1v) is 27.5. The molecule has 0 atom stereocenters. The molecular formula is C63H56IrN4OSi-2. The van der Waals surface area contributed by atoms with E-state index in [1.807, 2.05) is 55.6 Å². The van der Waals surface area contributed by atoms with Crippen molar-refractivity contribution in [2.45, 2.75) is 66.1 Å². The van der Waals surface area contributed by atoms with Gasteiger partial charge >= 0.3 is 0 Å². The monoisotopic (exact) mass is 1110 g/mol. The molecule has 0 bridgehead atoms. The summed E-state index contributed by atoms with van der Waals surface area (Å²) in [7, 11) is -1.23. The van der Waals surface area contributed by atoms with Crippen molar-refractivity contribution in [2.24, 2.45) is 0 Å². The van der Waals surface area contributed by atoms with Gasteiger partial charge in [0.1, 0.15) is 5.58 Å². The van der Waals surface area contributed by atoms with Gasteiger partial charge in [0, 0.05) is 43.1 Å². The normalized spacial score (nSPS) is 11.6. The Bertz CT molecular complexity index is 3550. The van der Waals surface area contributed by atoms with Gasteiger partial charge in [-0.2, -0.15) is 0 Å². The molecule has 70 heavy (non-hydrogen) atoms. The van der Waals surface area contributed by atoms with Crippen LogP contribution in [0.5, 0.6) is 0 Å². The number of benzene rings is 7. The predicted molar refractivity (Wildman–Crippen MR) is 291 cm³/mol. The molecule has 11 rings (SSSR count).